The van der Waals surface area contributed by atoms with Crippen molar-refractivity contribution in [2.24, 2.45) is 5.92 Å². The molecule has 1 saturated carbocycles. The van der Waals surface area contributed by atoms with E-state index in [-0.39, 0.29) is 5.92 Å². The lowest BCUT2D eigenvalue weighted by Gasteiger charge is -2.27. The Hall–Kier alpha value is -1.75. The number of carboxylic acid groups (broad SMARTS) is 1. The van der Waals surface area contributed by atoms with Gasteiger partial charge in [-0.2, -0.15) is 0 Å². The zero-order valence-corrected chi connectivity index (χ0v) is 12.7. The summed E-state index contributed by atoms with van der Waals surface area (Å²) in [5.41, 5.74) is -1.23. The number of benzene rings is 1. The van der Waals surface area contributed by atoms with Crippen molar-refractivity contribution >= 4 is 23.5 Å². The molecular formula is C15H18ClNO4. The molecule has 1 aromatic rings. The smallest absolute Gasteiger partial charge is 0.329 e. The van der Waals surface area contributed by atoms with E-state index in [0.717, 1.165) is 12.8 Å². The molecule has 2 atom stereocenters. The van der Waals surface area contributed by atoms with Crippen molar-refractivity contribution in [1.82, 2.24) is 5.32 Å². The van der Waals surface area contributed by atoms with Crippen LogP contribution in [0.25, 0.3) is 0 Å². The van der Waals surface area contributed by atoms with E-state index in [9.17, 15) is 14.7 Å². The topological polar surface area (TPSA) is 75.6 Å². The molecule has 0 aromatic heterocycles. The Kier molecular flexibility index (Phi) is 4.42. The number of ether oxygens (including phenoxy) is 1. The molecule has 0 spiro atoms. The molecule has 114 valence electrons. The van der Waals surface area contributed by atoms with Gasteiger partial charge in [-0.1, -0.05) is 17.7 Å². The maximum Gasteiger partial charge on any atom is 0.329 e. The highest BCUT2D eigenvalue weighted by Crippen LogP contribution is 2.39. The maximum absolute atomic E-state index is 12.2. The van der Waals surface area contributed by atoms with E-state index in [1.165, 1.54) is 6.92 Å². The van der Waals surface area contributed by atoms with Crippen LogP contribution in [0.5, 0.6) is 5.75 Å². The zero-order chi connectivity index (χ0) is 15.6. The van der Waals surface area contributed by atoms with E-state index in [0.29, 0.717) is 10.8 Å². The predicted octanol–water partition coefficient (Wildman–Crippen LogP) is 2.48. The van der Waals surface area contributed by atoms with Crippen molar-refractivity contribution in [3.8, 4) is 5.75 Å². The Balaban J connectivity index is 2.00. The van der Waals surface area contributed by atoms with Crippen LogP contribution in [0.3, 0.4) is 0 Å². The van der Waals surface area contributed by atoms with Crippen LogP contribution >= 0.6 is 11.6 Å². The Labute approximate surface area is 128 Å². The third-order valence-corrected chi connectivity index (χ3v) is 3.93. The van der Waals surface area contributed by atoms with Gasteiger partial charge in [-0.25, -0.2) is 4.79 Å². The lowest BCUT2D eigenvalue weighted by molar-refractivity contribution is -0.149. The molecule has 1 fully saturated rings. The summed E-state index contributed by atoms with van der Waals surface area (Å²) in [6.07, 6.45) is 0.819. The van der Waals surface area contributed by atoms with Crippen molar-refractivity contribution in [3.63, 3.8) is 0 Å². The molecule has 21 heavy (non-hydrogen) atoms. The van der Waals surface area contributed by atoms with Gasteiger partial charge in [0, 0.05) is 5.02 Å². The highest BCUT2D eigenvalue weighted by Gasteiger charge is 2.49. The zero-order valence-electron chi connectivity index (χ0n) is 11.9. The Morgan fingerprint density at radius 1 is 1.48 bits per heavy atom. The van der Waals surface area contributed by atoms with Crippen LogP contribution in [0.2, 0.25) is 5.02 Å². The first-order valence-electron chi connectivity index (χ1n) is 6.80. The molecule has 0 saturated heterocycles. The monoisotopic (exact) mass is 311 g/mol. The van der Waals surface area contributed by atoms with Gasteiger partial charge in [0.2, 0.25) is 0 Å². The lowest BCUT2D eigenvalue weighted by atomic mass is 9.95. The summed E-state index contributed by atoms with van der Waals surface area (Å²) in [6, 6.07) is 6.71. The van der Waals surface area contributed by atoms with Gasteiger partial charge >= 0.3 is 5.97 Å². The Morgan fingerprint density at radius 2 is 2.14 bits per heavy atom. The second-order valence-corrected chi connectivity index (χ2v) is 5.92. The molecule has 0 heterocycles. The molecule has 5 nitrogen and oxygen atoms in total. The van der Waals surface area contributed by atoms with E-state index in [1.54, 1.807) is 31.2 Å². The van der Waals surface area contributed by atoms with Gasteiger partial charge in [-0.05, 0) is 50.8 Å². The van der Waals surface area contributed by atoms with Gasteiger partial charge in [-0.15, -0.1) is 0 Å². The molecular weight excluding hydrogens is 294 g/mol. The molecule has 1 aliphatic carbocycles. The number of carbonyl (C=O) groups is 2. The van der Waals surface area contributed by atoms with E-state index in [2.05, 4.69) is 5.32 Å². The van der Waals surface area contributed by atoms with Crippen molar-refractivity contribution in [3.05, 3.63) is 29.3 Å². The van der Waals surface area contributed by atoms with Gasteiger partial charge in [0.05, 0.1) is 0 Å². The van der Waals surface area contributed by atoms with Crippen molar-refractivity contribution in [1.29, 1.82) is 0 Å². The molecule has 1 aromatic carbocycles. The van der Waals surface area contributed by atoms with Crippen molar-refractivity contribution in [2.75, 3.05) is 0 Å². The highest BCUT2D eigenvalue weighted by molar-refractivity contribution is 6.30. The largest absolute Gasteiger partial charge is 0.481 e. The molecule has 0 aliphatic heterocycles. The average molecular weight is 312 g/mol. The van der Waals surface area contributed by atoms with Gasteiger partial charge in [0.15, 0.2) is 6.10 Å². The third kappa shape index (κ3) is 3.67. The van der Waals surface area contributed by atoms with Crippen molar-refractivity contribution in [2.45, 2.75) is 38.3 Å². The molecule has 1 aliphatic rings. The number of carbonyl (C=O) groups excluding carboxylic acids is 1. The quantitative estimate of drug-likeness (QED) is 0.846. The Bertz CT molecular complexity index is 558. The number of amides is 1. The number of hydrogen-bond donors (Lipinski definition) is 2. The molecule has 0 bridgehead atoms. The second-order valence-electron chi connectivity index (χ2n) is 5.49. The van der Waals surface area contributed by atoms with Gasteiger partial charge in [-0.3, -0.25) is 4.79 Å². The van der Waals surface area contributed by atoms with E-state index >= 15 is 0 Å². The standard InChI is InChI=1S/C15H18ClNO4/c1-9(21-12-5-3-4-11(16)8-12)13(18)17-15(2,14(19)20)10-6-7-10/h3-5,8-10H,6-7H2,1-2H3,(H,17,18)(H,19,20). The van der Waals surface area contributed by atoms with Crippen LogP contribution in [-0.4, -0.2) is 28.6 Å². The molecule has 2 unspecified atom stereocenters. The Morgan fingerprint density at radius 3 is 2.67 bits per heavy atom. The first-order valence-corrected chi connectivity index (χ1v) is 7.18. The van der Waals surface area contributed by atoms with Crippen molar-refractivity contribution < 1.29 is 19.4 Å². The summed E-state index contributed by atoms with van der Waals surface area (Å²) in [7, 11) is 0. The van der Waals surface area contributed by atoms with Crippen LogP contribution < -0.4 is 10.1 Å². The molecule has 0 radical (unpaired) electrons. The molecule has 1 amide bonds. The summed E-state index contributed by atoms with van der Waals surface area (Å²) >= 11 is 5.85. The number of hydrogen-bond acceptors (Lipinski definition) is 3. The first-order chi connectivity index (χ1) is 9.83. The van der Waals surface area contributed by atoms with Crippen LogP contribution in [0.4, 0.5) is 0 Å². The third-order valence-electron chi connectivity index (χ3n) is 3.70. The highest BCUT2D eigenvalue weighted by atomic mass is 35.5. The minimum Gasteiger partial charge on any atom is -0.481 e. The molecule has 2 N–H and O–H groups in total. The van der Waals surface area contributed by atoms with E-state index in [4.69, 9.17) is 16.3 Å². The van der Waals surface area contributed by atoms with E-state index in [1.807, 2.05) is 0 Å². The van der Waals surface area contributed by atoms with Gasteiger partial charge in [0.1, 0.15) is 11.3 Å². The molecule has 6 heteroatoms. The van der Waals surface area contributed by atoms with Crippen LogP contribution in [0.1, 0.15) is 26.7 Å². The normalized spacial score (nSPS) is 18.4. The fourth-order valence-corrected chi connectivity index (χ4v) is 2.33. The van der Waals surface area contributed by atoms with Gasteiger partial charge in [0.25, 0.3) is 5.91 Å². The van der Waals surface area contributed by atoms with Crippen LogP contribution in [0, 0.1) is 5.92 Å². The fourth-order valence-electron chi connectivity index (χ4n) is 2.15. The number of rotatable bonds is 6. The number of halogens is 1. The van der Waals surface area contributed by atoms with Gasteiger partial charge < -0.3 is 15.2 Å². The average Bonchev–Trinajstić information content (AvgIpc) is 3.22. The van der Waals surface area contributed by atoms with Crippen LogP contribution in [0.15, 0.2) is 24.3 Å². The predicted molar refractivity (Wildman–Crippen MR) is 78.4 cm³/mol. The van der Waals surface area contributed by atoms with Crippen LogP contribution in [-0.2, 0) is 9.59 Å². The summed E-state index contributed by atoms with van der Waals surface area (Å²) < 4.78 is 5.49. The number of aliphatic carboxylic acids is 1. The summed E-state index contributed by atoms with van der Waals surface area (Å²) in [6.45, 7) is 3.11. The SMILES string of the molecule is CC(Oc1cccc(Cl)c1)C(=O)NC(C)(C(=O)O)C1CC1. The first kappa shape index (κ1) is 15.6. The minimum atomic E-state index is -1.23. The fraction of sp³-hybridized carbons (Fsp3) is 0.467. The second kappa shape index (κ2) is 5.93. The summed E-state index contributed by atoms with van der Waals surface area (Å²) in [5, 5.41) is 12.4. The maximum atomic E-state index is 12.2. The number of carboxylic acids is 1. The minimum absolute atomic E-state index is 0.0164. The summed E-state index contributed by atoms with van der Waals surface area (Å²) in [4.78, 5) is 23.5. The molecule has 2 rings (SSSR count). The lowest BCUT2D eigenvalue weighted by Crippen LogP contribution is -2.56. The summed E-state index contributed by atoms with van der Waals surface area (Å²) in [5.74, 6) is -1.02. The van der Waals surface area contributed by atoms with E-state index < -0.39 is 23.5 Å². The number of nitrogens with one attached hydrogen (secondary N) is 1.